The van der Waals surface area contributed by atoms with Gasteiger partial charge in [-0.1, -0.05) is 11.6 Å². The van der Waals surface area contributed by atoms with E-state index in [2.05, 4.69) is 0 Å². The molecule has 0 unspecified atom stereocenters. The lowest BCUT2D eigenvalue weighted by Crippen LogP contribution is -2.21. The number of ether oxygens (including phenoxy) is 1. The molecule has 1 saturated carbocycles. The van der Waals surface area contributed by atoms with Crippen LogP contribution in [0.3, 0.4) is 0 Å². The molecule has 1 aliphatic carbocycles. The molecule has 2 rings (SSSR count). The molecule has 3 N–H and O–H groups in total. The molecule has 0 atom stereocenters. The summed E-state index contributed by atoms with van der Waals surface area (Å²) in [5.41, 5.74) is 5.27. The van der Waals surface area contributed by atoms with Gasteiger partial charge < -0.3 is 10.5 Å². The molecule has 0 spiro atoms. The molecule has 0 bridgehead atoms. The van der Waals surface area contributed by atoms with Gasteiger partial charge in [-0.25, -0.2) is 0 Å². The standard InChI is InChI=1S/C12H14ClN3O3/c13-9-5-8(16(17)18)1-2-10(9)19-7-12(3-4-12)6-11(14)15/h1-2,5H,3-4,6-7H2,(H3,14,15). The summed E-state index contributed by atoms with van der Waals surface area (Å²) in [6.45, 7) is 0.421. The maximum absolute atomic E-state index is 10.6. The Balaban J connectivity index is 2.00. The van der Waals surface area contributed by atoms with Gasteiger partial charge >= 0.3 is 0 Å². The van der Waals surface area contributed by atoms with Crippen molar-refractivity contribution < 1.29 is 9.66 Å². The average Bonchev–Trinajstić information content (AvgIpc) is 3.06. The third-order valence-corrected chi connectivity index (χ3v) is 3.48. The molecule has 0 amide bonds. The molecule has 0 aromatic heterocycles. The van der Waals surface area contributed by atoms with Crippen molar-refractivity contribution >= 4 is 23.1 Å². The summed E-state index contributed by atoms with van der Waals surface area (Å²) in [4.78, 5) is 10.1. The molecule has 1 aliphatic rings. The van der Waals surface area contributed by atoms with Crippen LogP contribution in [-0.4, -0.2) is 17.4 Å². The quantitative estimate of drug-likeness (QED) is 0.362. The zero-order chi connectivity index (χ0) is 14.0. The van der Waals surface area contributed by atoms with E-state index in [9.17, 15) is 10.1 Å². The summed E-state index contributed by atoms with van der Waals surface area (Å²) in [5.74, 6) is 0.568. The summed E-state index contributed by atoms with van der Waals surface area (Å²) in [7, 11) is 0. The summed E-state index contributed by atoms with van der Waals surface area (Å²) in [5, 5.41) is 18.1. The van der Waals surface area contributed by atoms with E-state index in [1.807, 2.05) is 0 Å². The van der Waals surface area contributed by atoms with Crippen LogP contribution in [0.25, 0.3) is 0 Å². The van der Waals surface area contributed by atoms with E-state index in [1.54, 1.807) is 0 Å². The fourth-order valence-electron chi connectivity index (χ4n) is 1.90. The smallest absolute Gasteiger partial charge is 0.271 e. The van der Waals surface area contributed by atoms with Crippen LogP contribution in [0.4, 0.5) is 5.69 Å². The fourth-order valence-corrected chi connectivity index (χ4v) is 2.13. The molecular formula is C12H14ClN3O3. The first kappa shape index (κ1) is 13.6. The van der Waals surface area contributed by atoms with Crippen molar-refractivity contribution in [1.82, 2.24) is 0 Å². The van der Waals surface area contributed by atoms with Gasteiger partial charge in [0, 0.05) is 24.0 Å². The molecule has 7 heteroatoms. The van der Waals surface area contributed by atoms with Crippen molar-refractivity contribution in [3.8, 4) is 5.75 Å². The van der Waals surface area contributed by atoms with Gasteiger partial charge in [-0.3, -0.25) is 15.5 Å². The lowest BCUT2D eigenvalue weighted by molar-refractivity contribution is -0.384. The third-order valence-electron chi connectivity index (χ3n) is 3.18. The zero-order valence-electron chi connectivity index (χ0n) is 10.2. The van der Waals surface area contributed by atoms with Crippen molar-refractivity contribution in [3.05, 3.63) is 33.3 Å². The van der Waals surface area contributed by atoms with Crippen molar-refractivity contribution in [2.24, 2.45) is 11.1 Å². The molecule has 6 nitrogen and oxygen atoms in total. The maximum Gasteiger partial charge on any atom is 0.271 e. The van der Waals surface area contributed by atoms with Gasteiger partial charge in [-0.2, -0.15) is 0 Å². The monoisotopic (exact) mass is 283 g/mol. The number of hydrogen-bond donors (Lipinski definition) is 2. The number of nitro benzene ring substituents is 1. The van der Waals surface area contributed by atoms with Crippen LogP contribution >= 0.6 is 11.6 Å². The second-order valence-corrected chi connectivity index (χ2v) is 5.27. The minimum absolute atomic E-state index is 0.0586. The Kier molecular flexibility index (Phi) is 3.61. The molecule has 102 valence electrons. The first-order valence-electron chi connectivity index (χ1n) is 5.82. The van der Waals surface area contributed by atoms with Gasteiger partial charge in [0.15, 0.2) is 0 Å². The van der Waals surface area contributed by atoms with E-state index in [0.717, 1.165) is 12.8 Å². The topological polar surface area (TPSA) is 102 Å². The van der Waals surface area contributed by atoms with Crippen LogP contribution in [0, 0.1) is 20.9 Å². The largest absolute Gasteiger partial charge is 0.491 e. The number of nitrogens with two attached hydrogens (primary N) is 1. The number of benzene rings is 1. The molecule has 0 saturated heterocycles. The van der Waals surface area contributed by atoms with Crippen LogP contribution in [-0.2, 0) is 0 Å². The number of nitrogens with zero attached hydrogens (tertiary/aromatic N) is 1. The van der Waals surface area contributed by atoms with Crippen LogP contribution in [0.5, 0.6) is 5.75 Å². The minimum Gasteiger partial charge on any atom is -0.491 e. The number of halogens is 1. The van der Waals surface area contributed by atoms with Gasteiger partial charge in [-0.05, 0) is 18.9 Å². The van der Waals surface area contributed by atoms with Crippen molar-refractivity contribution in [2.75, 3.05) is 6.61 Å². The van der Waals surface area contributed by atoms with Crippen LogP contribution in [0.1, 0.15) is 19.3 Å². The molecule has 0 aliphatic heterocycles. The Bertz CT molecular complexity index is 529. The molecule has 19 heavy (non-hydrogen) atoms. The number of nitrogens with one attached hydrogen (secondary N) is 1. The van der Waals surface area contributed by atoms with E-state index in [-0.39, 0.29) is 22.0 Å². The van der Waals surface area contributed by atoms with E-state index in [4.69, 9.17) is 27.5 Å². The molecule has 1 fully saturated rings. The first-order chi connectivity index (χ1) is 8.92. The zero-order valence-corrected chi connectivity index (χ0v) is 10.9. The van der Waals surface area contributed by atoms with E-state index in [0.29, 0.717) is 18.8 Å². The summed E-state index contributed by atoms with van der Waals surface area (Å²) in [6, 6.07) is 4.11. The highest BCUT2D eigenvalue weighted by molar-refractivity contribution is 6.32. The van der Waals surface area contributed by atoms with Crippen LogP contribution < -0.4 is 10.5 Å². The first-order valence-corrected chi connectivity index (χ1v) is 6.19. The SMILES string of the molecule is N=C(N)CC1(COc2ccc([N+](=O)[O-])cc2Cl)CC1. The predicted molar refractivity (Wildman–Crippen MR) is 71.8 cm³/mol. The molecular weight excluding hydrogens is 270 g/mol. The highest BCUT2D eigenvalue weighted by Crippen LogP contribution is 2.49. The third kappa shape index (κ3) is 3.35. The van der Waals surface area contributed by atoms with Gasteiger partial charge in [0.05, 0.1) is 22.4 Å². The lowest BCUT2D eigenvalue weighted by Gasteiger charge is -2.16. The Morgan fingerprint density at radius 1 is 1.58 bits per heavy atom. The maximum atomic E-state index is 10.6. The molecule has 1 aromatic rings. The normalized spacial score (nSPS) is 15.8. The average molecular weight is 284 g/mol. The molecule has 0 radical (unpaired) electrons. The number of hydrogen-bond acceptors (Lipinski definition) is 4. The summed E-state index contributed by atoms with van der Waals surface area (Å²) in [6.07, 6.45) is 2.45. The highest BCUT2D eigenvalue weighted by Gasteiger charge is 2.44. The Labute approximate surface area is 115 Å². The van der Waals surface area contributed by atoms with E-state index < -0.39 is 4.92 Å². The lowest BCUT2D eigenvalue weighted by atomic mass is 10.0. The fraction of sp³-hybridized carbons (Fsp3) is 0.417. The Hall–Kier alpha value is -1.82. The highest BCUT2D eigenvalue weighted by atomic mass is 35.5. The van der Waals surface area contributed by atoms with Gasteiger partial charge in [0.1, 0.15) is 5.75 Å². The van der Waals surface area contributed by atoms with Crippen LogP contribution in [0.2, 0.25) is 5.02 Å². The van der Waals surface area contributed by atoms with Crippen molar-refractivity contribution in [2.45, 2.75) is 19.3 Å². The Morgan fingerprint density at radius 2 is 2.26 bits per heavy atom. The van der Waals surface area contributed by atoms with E-state index >= 15 is 0 Å². The van der Waals surface area contributed by atoms with Gasteiger partial charge in [-0.15, -0.1) is 0 Å². The van der Waals surface area contributed by atoms with Gasteiger partial charge in [0.25, 0.3) is 5.69 Å². The Morgan fingerprint density at radius 3 is 2.74 bits per heavy atom. The number of nitro groups is 1. The number of non-ortho nitro benzene ring substituents is 1. The predicted octanol–water partition coefficient (Wildman–Crippen LogP) is 2.73. The number of rotatable bonds is 6. The second-order valence-electron chi connectivity index (χ2n) is 4.86. The van der Waals surface area contributed by atoms with Crippen molar-refractivity contribution in [3.63, 3.8) is 0 Å². The molecule has 0 heterocycles. The summed E-state index contributed by atoms with van der Waals surface area (Å²) < 4.78 is 5.59. The van der Waals surface area contributed by atoms with Gasteiger partial charge in [0.2, 0.25) is 0 Å². The molecule has 1 aromatic carbocycles. The van der Waals surface area contributed by atoms with E-state index in [1.165, 1.54) is 18.2 Å². The van der Waals surface area contributed by atoms with Crippen molar-refractivity contribution in [1.29, 1.82) is 5.41 Å². The van der Waals surface area contributed by atoms with Crippen LogP contribution in [0.15, 0.2) is 18.2 Å². The number of amidine groups is 1. The second kappa shape index (κ2) is 5.05. The minimum atomic E-state index is -0.506. The summed E-state index contributed by atoms with van der Waals surface area (Å²) >= 11 is 5.93.